The molecule has 0 atom stereocenters. The van der Waals surface area contributed by atoms with Crippen LogP contribution in [0.15, 0.2) is 29.6 Å². The molecule has 0 saturated heterocycles. The van der Waals surface area contributed by atoms with Crippen LogP contribution in [0.4, 0.5) is 4.39 Å². The lowest BCUT2D eigenvalue weighted by Crippen LogP contribution is -2.16. The molecule has 0 aliphatic rings. The van der Waals surface area contributed by atoms with Gasteiger partial charge in [-0.05, 0) is 13.0 Å². The number of hydrogen-bond acceptors (Lipinski definition) is 5. The maximum atomic E-state index is 13.8. The molecule has 0 spiro atoms. The zero-order chi connectivity index (χ0) is 14.5. The minimum absolute atomic E-state index is 0.108. The first kappa shape index (κ1) is 14.4. The SMILES string of the molecule is Cc1ncc(CNCc2ccc(C(N)=NO)cc2F)s1. The molecule has 4 N–H and O–H groups in total. The summed E-state index contributed by atoms with van der Waals surface area (Å²) in [6, 6.07) is 4.49. The fourth-order valence-corrected chi connectivity index (χ4v) is 2.48. The van der Waals surface area contributed by atoms with Crippen molar-refractivity contribution >= 4 is 17.2 Å². The summed E-state index contributed by atoms with van der Waals surface area (Å²) >= 11 is 1.61. The van der Waals surface area contributed by atoms with E-state index in [1.165, 1.54) is 6.07 Å². The van der Waals surface area contributed by atoms with Gasteiger partial charge >= 0.3 is 0 Å². The van der Waals surface area contributed by atoms with E-state index in [9.17, 15) is 4.39 Å². The van der Waals surface area contributed by atoms with Crippen molar-refractivity contribution in [1.82, 2.24) is 10.3 Å². The monoisotopic (exact) mass is 294 g/mol. The Hall–Kier alpha value is -1.99. The van der Waals surface area contributed by atoms with E-state index in [1.54, 1.807) is 23.5 Å². The van der Waals surface area contributed by atoms with E-state index in [4.69, 9.17) is 10.9 Å². The van der Waals surface area contributed by atoms with Crippen molar-refractivity contribution in [2.75, 3.05) is 0 Å². The van der Waals surface area contributed by atoms with Crippen molar-refractivity contribution < 1.29 is 9.60 Å². The Morgan fingerprint density at radius 1 is 1.50 bits per heavy atom. The van der Waals surface area contributed by atoms with Crippen LogP contribution < -0.4 is 11.1 Å². The summed E-state index contributed by atoms with van der Waals surface area (Å²) in [7, 11) is 0. The van der Waals surface area contributed by atoms with Gasteiger partial charge < -0.3 is 16.3 Å². The van der Waals surface area contributed by atoms with Crippen molar-refractivity contribution in [2.45, 2.75) is 20.0 Å². The molecule has 7 heteroatoms. The van der Waals surface area contributed by atoms with Gasteiger partial charge in [-0.3, -0.25) is 0 Å². The van der Waals surface area contributed by atoms with E-state index in [0.29, 0.717) is 24.2 Å². The predicted molar refractivity (Wildman–Crippen MR) is 76.3 cm³/mol. The number of aryl methyl sites for hydroxylation is 1. The topological polar surface area (TPSA) is 83.5 Å². The highest BCUT2D eigenvalue weighted by Crippen LogP contribution is 2.13. The number of nitrogens with zero attached hydrogens (tertiary/aromatic N) is 2. The third-order valence-corrected chi connectivity index (χ3v) is 3.65. The number of rotatable bonds is 5. The van der Waals surface area contributed by atoms with E-state index >= 15 is 0 Å². The fourth-order valence-electron chi connectivity index (χ4n) is 1.72. The average molecular weight is 294 g/mol. The second-order valence-electron chi connectivity index (χ2n) is 4.24. The first-order valence-corrected chi connectivity index (χ1v) is 6.80. The van der Waals surface area contributed by atoms with Gasteiger partial charge in [0.25, 0.3) is 0 Å². The minimum atomic E-state index is -0.387. The molecule has 0 radical (unpaired) electrons. The third-order valence-electron chi connectivity index (χ3n) is 2.74. The number of aromatic nitrogens is 1. The highest BCUT2D eigenvalue weighted by molar-refractivity contribution is 7.11. The molecule has 0 saturated carbocycles. The molecule has 0 aliphatic carbocycles. The van der Waals surface area contributed by atoms with Crippen LogP contribution in [0.2, 0.25) is 0 Å². The predicted octanol–water partition coefficient (Wildman–Crippen LogP) is 1.97. The Bertz CT molecular complexity index is 627. The van der Waals surface area contributed by atoms with Crippen LogP contribution in [-0.4, -0.2) is 16.0 Å². The quantitative estimate of drug-likeness (QED) is 0.341. The van der Waals surface area contributed by atoms with Crippen LogP contribution in [-0.2, 0) is 13.1 Å². The maximum Gasteiger partial charge on any atom is 0.170 e. The third kappa shape index (κ3) is 3.52. The largest absolute Gasteiger partial charge is 0.409 e. The Labute approximate surface area is 120 Å². The van der Waals surface area contributed by atoms with Gasteiger partial charge in [-0.1, -0.05) is 17.3 Å². The summed E-state index contributed by atoms with van der Waals surface area (Å²) in [5.74, 6) is -0.495. The lowest BCUT2D eigenvalue weighted by Gasteiger charge is -2.06. The van der Waals surface area contributed by atoms with Crippen LogP contribution in [0.25, 0.3) is 0 Å². The van der Waals surface area contributed by atoms with Gasteiger partial charge in [0.1, 0.15) is 5.82 Å². The number of hydrogen-bond donors (Lipinski definition) is 3. The lowest BCUT2D eigenvalue weighted by atomic mass is 10.1. The van der Waals surface area contributed by atoms with Gasteiger partial charge in [-0.25, -0.2) is 9.37 Å². The van der Waals surface area contributed by atoms with E-state index in [-0.39, 0.29) is 11.7 Å². The van der Waals surface area contributed by atoms with Crippen LogP contribution in [0.5, 0.6) is 0 Å². The molecule has 1 heterocycles. The second-order valence-corrected chi connectivity index (χ2v) is 5.56. The van der Waals surface area contributed by atoms with Crippen LogP contribution in [0.3, 0.4) is 0 Å². The molecule has 1 aromatic heterocycles. The number of halogens is 1. The summed E-state index contributed by atoms with van der Waals surface area (Å²) in [5, 5.41) is 15.5. The molecule has 5 nitrogen and oxygen atoms in total. The average Bonchev–Trinajstić information content (AvgIpc) is 2.85. The van der Waals surface area contributed by atoms with Crippen molar-refractivity contribution in [3.05, 3.63) is 51.2 Å². The molecule has 0 fully saturated rings. The molecule has 0 aliphatic heterocycles. The Morgan fingerprint density at radius 3 is 2.90 bits per heavy atom. The Balaban J connectivity index is 1.96. The number of thiazole rings is 1. The van der Waals surface area contributed by atoms with E-state index in [1.807, 2.05) is 13.1 Å². The molecule has 20 heavy (non-hydrogen) atoms. The Kier molecular flexibility index (Phi) is 4.65. The molecule has 0 bridgehead atoms. The van der Waals surface area contributed by atoms with Crippen molar-refractivity contribution in [3.8, 4) is 0 Å². The van der Waals surface area contributed by atoms with Gasteiger partial charge in [0, 0.05) is 35.3 Å². The Morgan fingerprint density at radius 2 is 2.30 bits per heavy atom. The summed E-state index contributed by atoms with van der Waals surface area (Å²) in [4.78, 5) is 5.26. The zero-order valence-corrected chi connectivity index (χ0v) is 11.7. The highest BCUT2D eigenvalue weighted by Gasteiger charge is 2.06. The number of amidine groups is 1. The molecule has 0 amide bonds. The number of nitrogens with two attached hydrogens (primary N) is 1. The molecule has 2 aromatic rings. The normalized spacial score (nSPS) is 11.8. The van der Waals surface area contributed by atoms with E-state index < -0.39 is 0 Å². The van der Waals surface area contributed by atoms with Crippen molar-refractivity contribution in [2.24, 2.45) is 10.9 Å². The van der Waals surface area contributed by atoms with E-state index in [0.717, 1.165) is 9.88 Å². The molecule has 106 valence electrons. The summed E-state index contributed by atoms with van der Waals surface area (Å²) in [6.45, 7) is 2.99. The number of nitrogens with one attached hydrogen (secondary N) is 1. The number of oxime groups is 1. The van der Waals surface area contributed by atoms with Crippen LogP contribution >= 0.6 is 11.3 Å². The smallest absolute Gasteiger partial charge is 0.170 e. The zero-order valence-electron chi connectivity index (χ0n) is 10.9. The number of benzene rings is 1. The standard InChI is InChI=1S/C13H15FN4OS/c1-8-17-7-11(20-8)6-16-5-10-3-2-9(4-12(10)14)13(15)18-19/h2-4,7,16,19H,5-6H2,1H3,(H2,15,18). The summed E-state index contributed by atoms with van der Waals surface area (Å²) < 4.78 is 13.8. The molecular weight excluding hydrogens is 279 g/mol. The first-order valence-electron chi connectivity index (χ1n) is 5.98. The molecular formula is C13H15FN4OS. The van der Waals surface area contributed by atoms with Gasteiger partial charge in [0.15, 0.2) is 5.84 Å². The maximum absolute atomic E-state index is 13.8. The molecule has 2 rings (SSSR count). The van der Waals surface area contributed by atoms with Crippen molar-refractivity contribution in [3.63, 3.8) is 0 Å². The minimum Gasteiger partial charge on any atom is -0.409 e. The van der Waals surface area contributed by atoms with Gasteiger partial charge in [-0.15, -0.1) is 11.3 Å². The molecule has 1 aromatic carbocycles. The lowest BCUT2D eigenvalue weighted by molar-refractivity contribution is 0.318. The fraction of sp³-hybridized carbons (Fsp3) is 0.231. The van der Waals surface area contributed by atoms with Crippen molar-refractivity contribution in [1.29, 1.82) is 0 Å². The van der Waals surface area contributed by atoms with Crippen LogP contribution in [0.1, 0.15) is 21.0 Å². The van der Waals surface area contributed by atoms with Gasteiger partial charge in [0.05, 0.1) is 5.01 Å². The van der Waals surface area contributed by atoms with Gasteiger partial charge in [-0.2, -0.15) is 0 Å². The van der Waals surface area contributed by atoms with Crippen LogP contribution in [0, 0.1) is 12.7 Å². The van der Waals surface area contributed by atoms with E-state index in [2.05, 4.69) is 15.5 Å². The first-order chi connectivity index (χ1) is 9.60. The van der Waals surface area contributed by atoms with Gasteiger partial charge in [0.2, 0.25) is 0 Å². The molecule has 0 unspecified atom stereocenters. The summed E-state index contributed by atoms with van der Waals surface area (Å²) in [5.41, 5.74) is 6.29. The summed E-state index contributed by atoms with van der Waals surface area (Å²) in [6.07, 6.45) is 1.81. The second kappa shape index (κ2) is 6.44. The highest BCUT2D eigenvalue weighted by atomic mass is 32.1.